The van der Waals surface area contributed by atoms with Crippen LogP contribution in [0, 0.1) is 0 Å². The van der Waals surface area contributed by atoms with Crippen LogP contribution in [-0.4, -0.2) is 24.3 Å². The van der Waals surface area contributed by atoms with E-state index in [0.29, 0.717) is 17.9 Å². The van der Waals surface area contributed by atoms with Gasteiger partial charge in [0.15, 0.2) is 6.10 Å². The van der Waals surface area contributed by atoms with Gasteiger partial charge in [0.05, 0.1) is 7.11 Å². The Morgan fingerprint density at radius 2 is 1.73 bits per heavy atom. The van der Waals surface area contributed by atoms with E-state index in [0.717, 1.165) is 12.8 Å². The van der Waals surface area contributed by atoms with E-state index >= 15 is 0 Å². The van der Waals surface area contributed by atoms with Gasteiger partial charge in [-0.05, 0) is 25.0 Å². The Kier molecular flexibility index (Phi) is 9.12. The first kappa shape index (κ1) is 18.3. The molecule has 4 heteroatoms. The third-order valence-corrected chi connectivity index (χ3v) is 3.66. The van der Waals surface area contributed by atoms with E-state index in [2.05, 4.69) is 6.92 Å². The molecule has 0 aromatic heterocycles. The van der Waals surface area contributed by atoms with Gasteiger partial charge in [0.1, 0.15) is 11.5 Å². The number of carboxylic acids is 1. The van der Waals surface area contributed by atoms with Crippen molar-refractivity contribution in [2.75, 3.05) is 7.11 Å². The molecule has 0 fully saturated rings. The minimum atomic E-state index is -0.909. The first-order valence-electron chi connectivity index (χ1n) is 8.21. The highest BCUT2D eigenvalue weighted by Crippen LogP contribution is 2.21. The average Bonchev–Trinajstić information content (AvgIpc) is 2.53. The molecule has 1 aromatic rings. The van der Waals surface area contributed by atoms with Crippen molar-refractivity contribution in [3.8, 4) is 11.5 Å². The van der Waals surface area contributed by atoms with Gasteiger partial charge < -0.3 is 14.6 Å². The maximum Gasteiger partial charge on any atom is 0.344 e. The van der Waals surface area contributed by atoms with Crippen molar-refractivity contribution in [1.29, 1.82) is 0 Å². The number of hydrogen-bond acceptors (Lipinski definition) is 3. The van der Waals surface area contributed by atoms with E-state index in [1.807, 2.05) is 0 Å². The Morgan fingerprint density at radius 3 is 2.36 bits per heavy atom. The number of carboxylic acid groups (broad SMARTS) is 1. The first-order valence-corrected chi connectivity index (χ1v) is 8.21. The first-order chi connectivity index (χ1) is 10.7. The van der Waals surface area contributed by atoms with Gasteiger partial charge in [0.25, 0.3) is 0 Å². The molecular weight excluding hydrogens is 280 g/mol. The summed E-state index contributed by atoms with van der Waals surface area (Å²) < 4.78 is 10.7. The van der Waals surface area contributed by atoms with Gasteiger partial charge in [0, 0.05) is 6.07 Å². The molecule has 0 heterocycles. The fraction of sp³-hybridized carbons (Fsp3) is 0.611. The normalized spacial score (nSPS) is 11.9. The Bertz CT molecular complexity index is 431. The number of aliphatic carboxylic acids is 1. The minimum absolute atomic E-state index is 0.537. The Labute approximate surface area is 133 Å². The number of unbranched alkanes of at least 4 members (excludes halogenated alkanes) is 6. The second-order valence-electron chi connectivity index (χ2n) is 5.53. The predicted octanol–water partition coefficient (Wildman–Crippen LogP) is 4.67. The highest BCUT2D eigenvalue weighted by atomic mass is 16.5. The molecule has 124 valence electrons. The topological polar surface area (TPSA) is 55.8 Å². The molecule has 0 saturated carbocycles. The fourth-order valence-corrected chi connectivity index (χ4v) is 2.36. The zero-order valence-electron chi connectivity index (χ0n) is 13.7. The van der Waals surface area contributed by atoms with Crippen LogP contribution in [0.15, 0.2) is 24.3 Å². The van der Waals surface area contributed by atoms with E-state index in [1.165, 1.54) is 32.1 Å². The Hall–Kier alpha value is -1.71. The monoisotopic (exact) mass is 308 g/mol. The molecule has 1 rings (SSSR count). The minimum Gasteiger partial charge on any atom is -0.497 e. The number of carbonyl (C=O) groups is 1. The molecule has 0 aliphatic heterocycles. The smallest absolute Gasteiger partial charge is 0.344 e. The molecule has 0 radical (unpaired) electrons. The fourth-order valence-electron chi connectivity index (χ4n) is 2.36. The summed E-state index contributed by atoms with van der Waals surface area (Å²) in [5, 5.41) is 9.28. The van der Waals surface area contributed by atoms with Crippen LogP contribution in [0.1, 0.15) is 58.3 Å². The maximum atomic E-state index is 11.3. The van der Waals surface area contributed by atoms with Crippen LogP contribution in [0.4, 0.5) is 0 Å². The number of methoxy groups -OCH3 is 1. The van der Waals surface area contributed by atoms with E-state index < -0.39 is 12.1 Å². The lowest BCUT2D eigenvalue weighted by molar-refractivity contribution is -0.145. The summed E-state index contributed by atoms with van der Waals surface area (Å²) in [5.41, 5.74) is 0. The standard InChI is InChI=1S/C18H28O4/c1-3-4-5-6-7-8-9-13-17(18(19)20)22-16-12-10-11-15(14-16)21-2/h10-12,14,17H,3-9,13H2,1-2H3,(H,19,20). The molecular formula is C18H28O4. The Morgan fingerprint density at radius 1 is 1.09 bits per heavy atom. The maximum absolute atomic E-state index is 11.3. The summed E-state index contributed by atoms with van der Waals surface area (Å²) in [6.07, 6.45) is 7.92. The summed E-state index contributed by atoms with van der Waals surface area (Å²) in [6, 6.07) is 7.06. The van der Waals surface area contributed by atoms with Crippen LogP contribution in [0.2, 0.25) is 0 Å². The number of ether oxygens (including phenoxy) is 2. The average molecular weight is 308 g/mol. The molecule has 0 aliphatic carbocycles. The largest absolute Gasteiger partial charge is 0.497 e. The van der Waals surface area contributed by atoms with Crippen molar-refractivity contribution in [3.05, 3.63) is 24.3 Å². The van der Waals surface area contributed by atoms with Crippen LogP contribution in [0.25, 0.3) is 0 Å². The zero-order chi connectivity index (χ0) is 16.2. The molecule has 0 aliphatic rings. The van der Waals surface area contributed by atoms with E-state index in [-0.39, 0.29) is 0 Å². The second-order valence-corrected chi connectivity index (χ2v) is 5.53. The van der Waals surface area contributed by atoms with Crippen molar-refractivity contribution in [1.82, 2.24) is 0 Å². The van der Waals surface area contributed by atoms with Crippen molar-refractivity contribution >= 4 is 5.97 Å². The summed E-state index contributed by atoms with van der Waals surface area (Å²) in [7, 11) is 1.58. The van der Waals surface area contributed by atoms with Gasteiger partial charge in [0.2, 0.25) is 0 Å². The lowest BCUT2D eigenvalue weighted by Crippen LogP contribution is -2.26. The number of rotatable bonds is 12. The third-order valence-electron chi connectivity index (χ3n) is 3.66. The predicted molar refractivity (Wildman–Crippen MR) is 87.7 cm³/mol. The van der Waals surface area contributed by atoms with Crippen molar-refractivity contribution in [2.24, 2.45) is 0 Å². The van der Waals surface area contributed by atoms with Crippen LogP contribution in [0.3, 0.4) is 0 Å². The quantitative estimate of drug-likeness (QED) is 0.570. The van der Waals surface area contributed by atoms with Gasteiger partial charge in [-0.2, -0.15) is 0 Å². The van der Waals surface area contributed by atoms with Crippen molar-refractivity contribution in [3.63, 3.8) is 0 Å². The van der Waals surface area contributed by atoms with Crippen molar-refractivity contribution in [2.45, 2.75) is 64.4 Å². The van der Waals surface area contributed by atoms with Crippen LogP contribution in [0.5, 0.6) is 11.5 Å². The summed E-state index contributed by atoms with van der Waals surface area (Å²) >= 11 is 0. The Balaban J connectivity index is 2.34. The molecule has 4 nitrogen and oxygen atoms in total. The highest BCUT2D eigenvalue weighted by molar-refractivity contribution is 5.72. The molecule has 0 amide bonds. The molecule has 1 N–H and O–H groups in total. The zero-order valence-corrected chi connectivity index (χ0v) is 13.7. The molecule has 1 atom stereocenters. The van der Waals surface area contributed by atoms with Crippen LogP contribution >= 0.6 is 0 Å². The molecule has 1 unspecified atom stereocenters. The molecule has 1 aromatic carbocycles. The second kappa shape index (κ2) is 10.9. The number of hydrogen-bond donors (Lipinski definition) is 1. The van der Waals surface area contributed by atoms with Gasteiger partial charge in [-0.1, -0.05) is 51.5 Å². The van der Waals surface area contributed by atoms with Crippen molar-refractivity contribution < 1.29 is 19.4 Å². The van der Waals surface area contributed by atoms with E-state index in [4.69, 9.17) is 9.47 Å². The summed E-state index contributed by atoms with van der Waals surface area (Å²) in [5.74, 6) is 0.293. The van der Waals surface area contributed by atoms with Gasteiger partial charge >= 0.3 is 5.97 Å². The SMILES string of the molecule is CCCCCCCCCC(Oc1cccc(OC)c1)C(=O)O. The van der Waals surface area contributed by atoms with Crippen LogP contribution < -0.4 is 9.47 Å². The van der Waals surface area contributed by atoms with Gasteiger partial charge in [-0.25, -0.2) is 4.79 Å². The van der Waals surface area contributed by atoms with Crippen LogP contribution in [-0.2, 0) is 4.79 Å². The summed E-state index contributed by atoms with van der Waals surface area (Å²) in [6.45, 7) is 2.20. The summed E-state index contributed by atoms with van der Waals surface area (Å²) in [4.78, 5) is 11.3. The highest BCUT2D eigenvalue weighted by Gasteiger charge is 2.19. The van der Waals surface area contributed by atoms with Gasteiger partial charge in [-0.3, -0.25) is 0 Å². The molecule has 0 spiro atoms. The lowest BCUT2D eigenvalue weighted by Gasteiger charge is -2.15. The third kappa shape index (κ3) is 7.34. The van der Waals surface area contributed by atoms with E-state index in [9.17, 15) is 9.90 Å². The lowest BCUT2D eigenvalue weighted by atomic mass is 10.1. The molecule has 22 heavy (non-hydrogen) atoms. The molecule has 0 bridgehead atoms. The van der Waals surface area contributed by atoms with E-state index in [1.54, 1.807) is 31.4 Å². The van der Waals surface area contributed by atoms with Gasteiger partial charge in [-0.15, -0.1) is 0 Å². The molecule has 0 saturated heterocycles. The number of benzene rings is 1.